The van der Waals surface area contributed by atoms with Crippen LogP contribution in [0.1, 0.15) is 30.2 Å². The molecule has 1 fully saturated rings. The molecule has 88 valence electrons. The molecule has 2 heterocycles. The molecule has 0 aliphatic carbocycles. The summed E-state index contributed by atoms with van der Waals surface area (Å²) in [5, 5.41) is 1.35. The summed E-state index contributed by atoms with van der Waals surface area (Å²) >= 11 is 5.98. The third kappa shape index (κ3) is 2.01. The van der Waals surface area contributed by atoms with Crippen LogP contribution in [-0.2, 0) is 4.74 Å². The van der Waals surface area contributed by atoms with Crippen molar-refractivity contribution in [3.05, 3.63) is 34.7 Å². The van der Waals surface area contributed by atoms with Crippen molar-refractivity contribution in [1.29, 1.82) is 0 Å². The summed E-state index contributed by atoms with van der Waals surface area (Å²) < 4.78 is 5.68. The molecule has 0 N–H and O–H groups in total. The quantitative estimate of drug-likeness (QED) is 0.725. The Hall–Kier alpha value is -1.19. The Kier molecular flexibility index (Phi) is 2.73. The minimum Gasteiger partial charge on any atom is -0.372 e. The molecule has 0 bridgehead atoms. The summed E-state index contributed by atoms with van der Waals surface area (Å²) in [7, 11) is 0. The molecule has 1 aromatic heterocycles. The van der Waals surface area contributed by atoms with Gasteiger partial charge < -0.3 is 4.74 Å². The number of aromatic nitrogens is 2. The lowest BCUT2D eigenvalue weighted by molar-refractivity contribution is 0.110. The van der Waals surface area contributed by atoms with Crippen LogP contribution >= 0.6 is 11.6 Å². The topological polar surface area (TPSA) is 35.0 Å². The first-order valence-electron chi connectivity index (χ1n) is 5.79. The molecule has 1 aliphatic heterocycles. The van der Waals surface area contributed by atoms with E-state index in [0.717, 1.165) is 36.0 Å². The van der Waals surface area contributed by atoms with Gasteiger partial charge in [-0.15, -0.1) is 0 Å². The minimum atomic E-state index is 0.0701. The number of benzene rings is 1. The molecular weight excluding hydrogens is 236 g/mol. The first-order chi connectivity index (χ1) is 8.24. The molecule has 1 aliphatic rings. The molecule has 0 amide bonds. The molecular formula is C13H13ClN2O. The van der Waals surface area contributed by atoms with Crippen LogP contribution in [0, 0.1) is 6.92 Å². The molecule has 2 aromatic rings. The zero-order valence-corrected chi connectivity index (χ0v) is 10.4. The maximum absolute atomic E-state index is 5.98. The van der Waals surface area contributed by atoms with Gasteiger partial charge in [-0.3, -0.25) is 0 Å². The van der Waals surface area contributed by atoms with Crippen molar-refractivity contribution in [2.45, 2.75) is 25.9 Å². The van der Waals surface area contributed by atoms with E-state index in [1.807, 2.05) is 13.0 Å². The summed E-state index contributed by atoms with van der Waals surface area (Å²) in [6.07, 6.45) is 2.16. The van der Waals surface area contributed by atoms with E-state index in [4.69, 9.17) is 16.3 Å². The second-order valence-electron chi connectivity index (χ2n) is 4.40. The zero-order chi connectivity index (χ0) is 11.8. The van der Waals surface area contributed by atoms with Gasteiger partial charge in [0.05, 0.1) is 11.2 Å². The second kappa shape index (κ2) is 4.24. The van der Waals surface area contributed by atoms with Crippen molar-refractivity contribution in [2.75, 3.05) is 6.61 Å². The molecule has 0 saturated carbocycles. The van der Waals surface area contributed by atoms with E-state index in [1.54, 1.807) is 0 Å². The van der Waals surface area contributed by atoms with Gasteiger partial charge in [-0.25, -0.2) is 9.97 Å². The predicted molar refractivity (Wildman–Crippen MR) is 67.2 cm³/mol. The number of aryl methyl sites for hydroxylation is 1. The highest BCUT2D eigenvalue weighted by atomic mass is 35.5. The Bertz CT molecular complexity index is 559. The van der Waals surface area contributed by atoms with Gasteiger partial charge in [-0.1, -0.05) is 12.1 Å². The third-order valence-corrected chi connectivity index (χ3v) is 3.26. The Morgan fingerprint density at radius 3 is 3.00 bits per heavy atom. The van der Waals surface area contributed by atoms with Crippen molar-refractivity contribution in [3.63, 3.8) is 0 Å². The van der Waals surface area contributed by atoms with E-state index in [9.17, 15) is 0 Å². The van der Waals surface area contributed by atoms with Crippen LogP contribution in [-0.4, -0.2) is 16.6 Å². The van der Waals surface area contributed by atoms with Gasteiger partial charge in [0.15, 0.2) is 0 Å². The van der Waals surface area contributed by atoms with E-state index in [0.29, 0.717) is 5.28 Å². The van der Waals surface area contributed by atoms with Gasteiger partial charge in [-0.05, 0) is 43.0 Å². The normalized spacial score (nSPS) is 20.0. The fraction of sp³-hybridized carbons (Fsp3) is 0.385. The smallest absolute Gasteiger partial charge is 0.223 e. The molecule has 1 saturated heterocycles. The van der Waals surface area contributed by atoms with Gasteiger partial charge in [0, 0.05) is 12.0 Å². The molecule has 17 heavy (non-hydrogen) atoms. The highest BCUT2D eigenvalue weighted by Crippen LogP contribution is 2.32. The number of rotatable bonds is 1. The molecule has 4 heteroatoms. The number of ether oxygens (including phenoxy) is 1. The lowest BCUT2D eigenvalue weighted by Crippen LogP contribution is -2.02. The number of fused-ring (bicyclic) bond motifs is 1. The number of nitrogens with zero attached hydrogens (tertiary/aromatic N) is 2. The standard InChI is InChI=1S/C13H13ClN2O/c1-8-4-5-9-10(7-8)15-13(14)16-12(9)11-3-2-6-17-11/h4-5,7,11H,2-3,6H2,1H3. The number of hydrogen-bond acceptors (Lipinski definition) is 3. The van der Waals surface area contributed by atoms with Crippen LogP contribution in [0.25, 0.3) is 10.9 Å². The van der Waals surface area contributed by atoms with Gasteiger partial charge in [-0.2, -0.15) is 0 Å². The van der Waals surface area contributed by atoms with Crippen LogP contribution in [0.5, 0.6) is 0 Å². The second-order valence-corrected chi connectivity index (χ2v) is 4.74. The Balaban J connectivity index is 2.21. The van der Waals surface area contributed by atoms with E-state index in [-0.39, 0.29) is 6.10 Å². The van der Waals surface area contributed by atoms with Crippen molar-refractivity contribution in [2.24, 2.45) is 0 Å². The first kappa shape index (κ1) is 10.9. The Labute approximate surface area is 105 Å². The molecule has 0 spiro atoms. The van der Waals surface area contributed by atoms with E-state index in [2.05, 4.69) is 22.1 Å². The van der Waals surface area contributed by atoms with Crippen molar-refractivity contribution < 1.29 is 4.74 Å². The summed E-state index contributed by atoms with van der Waals surface area (Å²) in [6, 6.07) is 6.15. The molecule has 1 aromatic carbocycles. The summed E-state index contributed by atoms with van der Waals surface area (Å²) in [5.74, 6) is 0. The molecule has 3 nitrogen and oxygen atoms in total. The van der Waals surface area contributed by atoms with Crippen LogP contribution < -0.4 is 0 Å². The Morgan fingerprint density at radius 2 is 2.24 bits per heavy atom. The lowest BCUT2D eigenvalue weighted by atomic mass is 10.1. The largest absolute Gasteiger partial charge is 0.372 e. The zero-order valence-electron chi connectivity index (χ0n) is 9.61. The highest BCUT2D eigenvalue weighted by molar-refractivity contribution is 6.28. The van der Waals surface area contributed by atoms with E-state index >= 15 is 0 Å². The van der Waals surface area contributed by atoms with Crippen LogP contribution in [0.3, 0.4) is 0 Å². The monoisotopic (exact) mass is 248 g/mol. The summed E-state index contributed by atoms with van der Waals surface area (Å²) in [4.78, 5) is 8.61. The average molecular weight is 249 g/mol. The first-order valence-corrected chi connectivity index (χ1v) is 6.17. The number of halogens is 1. The third-order valence-electron chi connectivity index (χ3n) is 3.09. The summed E-state index contributed by atoms with van der Waals surface area (Å²) in [5.41, 5.74) is 3.00. The molecule has 3 rings (SSSR count). The van der Waals surface area contributed by atoms with Gasteiger partial charge >= 0.3 is 0 Å². The highest BCUT2D eigenvalue weighted by Gasteiger charge is 2.22. The average Bonchev–Trinajstić information content (AvgIpc) is 2.80. The van der Waals surface area contributed by atoms with Gasteiger partial charge in [0.25, 0.3) is 0 Å². The maximum atomic E-state index is 5.98. The van der Waals surface area contributed by atoms with Crippen molar-refractivity contribution in [3.8, 4) is 0 Å². The predicted octanol–water partition coefficient (Wildman–Crippen LogP) is 3.44. The number of hydrogen-bond donors (Lipinski definition) is 0. The van der Waals surface area contributed by atoms with Crippen LogP contribution in [0.4, 0.5) is 0 Å². The molecule has 0 radical (unpaired) electrons. The maximum Gasteiger partial charge on any atom is 0.223 e. The fourth-order valence-corrected chi connectivity index (χ4v) is 2.46. The fourth-order valence-electron chi connectivity index (χ4n) is 2.27. The minimum absolute atomic E-state index is 0.0701. The van der Waals surface area contributed by atoms with E-state index in [1.165, 1.54) is 5.56 Å². The van der Waals surface area contributed by atoms with Crippen LogP contribution in [0.15, 0.2) is 18.2 Å². The van der Waals surface area contributed by atoms with Gasteiger partial charge in [0.1, 0.15) is 6.10 Å². The van der Waals surface area contributed by atoms with Crippen LogP contribution in [0.2, 0.25) is 5.28 Å². The SMILES string of the molecule is Cc1ccc2c(C3CCCO3)nc(Cl)nc2c1. The van der Waals surface area contributed by atoms with E-state index < -0.39 is 0 Å². The van der Waals surface area contributed by atoms with Crippen molar-refractivity contribution in [1.82, 2.24) is 9.97 Å². The lowest BCUT2D eigenvalue weighted by Gasteiger charge is -2.12. The van der Waals surface area contributed by atoms with Gasteiger partial charge in [0.2, 0.25) is 5.28 Å². The Morgan fingerprint density at radius 1 is 1.35 bits per heavy atom. The summed E-state index contributed by atoms with van der Waals surface area (Å²) in [6.45, 7) is 2.85. The molecule has 1 unspecified atom stereocenters. The van der Waals surface area contributed by atoms with Crippen molar-refractivity contribution >= 4 is 22.5 Å². The molecule has 1 atom stereocenters.